The summed E-state index contributed by atoms with van der Waals surface area (Å²) in [6, 6.07) is 7.87. The Bertz CT molecular complexity index is 651. The molecule has 0 unspecified atom stereocenters. The second-order valence-corrected chi connectivity index (χ2v) is 6.37. The lowest BCUT2D eigenvalue weighted by Gasteiger charge is -2.31. The molecule has 1 heterocycles. The number of amides is 1. The van der Waals surface area contributed by atoms with Crippen molar-refractivity contribution in [2.75, 3.05) is 32.6 Å². The van der Waals surface area contributed by atoms with Crippen LogP contribution in [0.5, 0.6) is 0 Å². The summed E-state index contributed by atoms with van der Waals surface area (Å²) in [4.78, 5) is 27.7. The first kappa shape index (κ1) is 17.1. The third-order valence-corrected chi connectivity index (χ3v) is 4.63. The molecule has 0 aromatic heterocycles. The molecule has 5 nitrogen and oxygen atoms in total. The van der Waals surface area contributed by atoms with Gasteiger partial charge in [-0.1, -0.05) is 24.3 Å². The highest BCUT2D eigenvalue weighted by Crippen LogP contribution is 2.43. The van der Waals surface area contributed by atoms with E-state index >= 15 is 0 Å². The van der Waals surface area contributed by atoms with Gasteiger partial charge in [-0.3, -0.25) is 4.79 Å². The third-order valence-electron chi connectivity index (χ3n) is 4.63. The number of nitrogens with zero attached hydrogens (tertiary/aromatic N) is 2. The topological polar surface area (TPSA) is 60.9 Å². The highest BCUT2D eigenvalue weighted by Gasteiger charge is 2.47. The van der Waals surface area contributed by atoms with E-state index in [0.717, 1.165) is 11.3 Å². The largest absolute Gasteiger partial charge is 0.478 e. The Morgan fingerprint density at radius 2 is 2.04 bits per heavy atom. The minimum Gasteiger partial charge on any atom is -0.478 e. The van der Waals surface area contributed by atoms with Crippen molar-refractivity contribution in [1.82, 2.24) is 4.90 Å². The van der Waals surface area contributed by atoms with Crippen LogP contribution in [0.25, 0.3) is 0 Å². The number of carbonyl (C=O) groups excluding carboxylic acids is 1. The third kappa shape index (κ3) is 3.09. The Morgan fingerprint density at radius 3 is 2.57 bits per heavy atom. The van der Waals surface area contributed by atoms with Gasteiger partial charge in [0.2, 0.25) is 5.91 Å². The van der Waals surface area contributed by atoms with Crippen LogP contribution in [-0.2, 0) is 15.0 Å². The molecule has 1 fully saturated rings. The number of benzene rings is 1. The predicted octanol–water partition coefficient (Wildman–Crippen LogP) is 2.27. The van der Waals surface area contributed by atoms with Gasteiger partial charge in [0.05, 0.1) is 5.41 Å². The number of rotatable bonds is 5. The van der Waals surface area contributed by atoms with E-state index in [1.54, 1.807) is 24.9 Å². The first-order chi connectivity index (χ1) is 10.8. The molecule has 1 aliphatic rings. The van der Waals surface area contributed by atoms with Crippen LogP contribution in [0.15, 0.2) is 35.9 Å². The van der Waals surface area contributed by atoms with Crippen LogP contribution in [0.2, 0.25) is 0 Å². The molecular formula is C18H24N2O3. The highest BCUT2D eigenvalue weighted by atomic mass is 16.4. The number of para-hydroxylation sites is 1. The number of anilines is 1. The molecule has 23 heavy (non-hydrogen) atoms. The summed E-state index contributed by atoms with van der Waals surface area (Å²) >= 11 is 0. The fraction of sp³-hybridized carbons (Fsp3) is 0.444. The molecule has 1 aromatic rings. The molecule has 1 atom stereocenters. The van der Waals surface area contributed by atoms with Crippen molar-refractivity contribution in [3.05, 3.63) is 41.5 Å². The Kier molecular flexibility index (Phi) is 4.78. The van der Waals surface area contributed by atoms with Crippen LogP contribution < -0.4 is 4.90 Å². The number of carbonyl (C=O) groups is 2. The van der Waals surface area contributed by atoms with Crippen molar-refractivity contribution in [2.45, 2.75) is 25.2 Å². The van der Waals surface area contributed by atoms with E-state index in [2.05, 4.69) is 0 Å². The molecule has 2 rings (SSSR count). The number of carboxylic acid groups (broad SMARTS) is 1. The van der Waals surface area contributed by atoms with Gasteiger partial charge in [0.1, 0.15) is 0 Å². The van der Waals surface area contributed by atoms with Gasteiger partial charge in [0, 0.05) is 38.9 Å². The average Bonchev–Trinajstić information content (AvgIpc) is 2.81. The van der Waals surface area contributed by atoms with Gasteiger partial charge in [-0.15, -0.1) is 0 Å². The van der Waals surface area contributed by atoms with E-state index in [1.807, 2.05) is 43.3 Å². The van der Waals surface area contributed by atoms with E-state index in [1.165, 1.54) is 0 Å². The summed E-state index contributed by atoms with van der Waals surface area (Å²) < 4.78 is 0. The fourth-order valence-electron chi connectivity index (χ4n) is 3.16. The number of likely N-dealkylation sites (tertiary alicyclic amines) is 1. The summed E-state index contributed by atoms with van der Waals surface area (Å²) in [5.41, 5.74) is 1.55. The van der Waals surface area contributed by atoms with Crippen molar-refractivity contribution in [2.24, 2.45) is 0 Å². The lowest BCUT2D eigenvalue weighted by Crippen LogP contribution is -2.37. The summed E-state index contributed by atoms with van der Waals surface area (Å²) in [5, 5.41) is 9.10. The number of hydrogen-bond acceptors (Lipinski definition) is 3. The molecule has 1 aromatic carbocycles. The van der Waals surface area contributed by atoms with Crippen LogP contribution >= 0.6 is 0 Å². The van der Waals surface area contributed by atoms with Gasteiger partial charge in [0.25, 0.3) is 0 Å². The van der Waals surface area contributed by atoms with E-state index in [0.29, 0.717) is 19.4 Å². The minimum atomic E-state index is -0.945. The maximum atomic E-state index is 12.9. The molecule has 0 bridgehead atoms. The van der Waals surface area contributed by atoms with E-state index < -0.39 is 11.4 Å². The second-order valence-electron chi connectivity index (χ2n) is 6.37. The average molecular weight is 316 g/mol. The molecule has 5 heteroatoms. The summed E-state index contributed by atoms with van der Waals surface area (Å²) in [5.74, 6) is -0.888. The Balaban J connectivity index is 2.54. The number of hydrogen-bond donors (Lipinski definition) is 1. The zero-order chi connectivity index (χ0) is 17.2. The molecule has 0 aliphatic carbocycles. The summed E-state index contributed by atoms with van der Waals surface area (Å²) in [7, 11) is 5.71. The normalized spacial score (nSPS) is 21.7. The van der Waals surface area contributed by atoms with E-state index in [4.69, 9.17) is 5.11 Å². The first-order valence-electron chi connectivity index (χ1n) is 7.72. The van der Waals surface area contributed by atoms with Crippen LogP contribution in [0, 0.1) is 0 Å². The molecule has 1 N–H and O–H groups in total. The molecule has 1 saturated heterocycles. The van der Waals surface area contributed by atoms with Gasteiger partial charge < -0.3 is 14.9 Å². The molecule has 0 spiro atoms. The first-order valence-corrected chi connectivity index (χ1v) is 7.72. The molecule has 1 aliphatic heterocycles. The standard InChI is InChI=1S/C18H24N2O3/c1-13(16(21)22)9-10-18(11-12-20(4)17(18)23)14-7-5-6-8-15(14)19(2)3/h5-9H,10-12H2,1-4H3,(H,21,22)/t18-/m0/s1. The molecule has 1 amide bonds. The van der Waals surface area contributed by atoms with Crippen molar-refractivity contribution in [3.63, 3.8) is 0 Å². The Hall–Kier alpha value is -2.30. The van der Waals surface area contributed by atoms with Crippen LogP contribution in [0.4, 0.5) is 5.69 Å². The summed E-state index contributed by atoms with van der Waals surface area (Å²) in [6.45, 7) is 2.25. The van der Waals surface area contributed by atoms with E-state index in [9.17, 15) is 9.59 Å². The van der Waals surface area contributed by atoms with Crippen LogP contribution in [0.3, 0.4) is 0 Å². The quantitative estimate of drug-likeness (QED) is 0.847. The van der Waals surface area contributed by atoms with Gasteiger partial charge in [0.15, 0.2) is 0 Å². The molecule has 0 radical (unpaired) electrons. The lowest BCUT2D eigenvalue weighted by molar-refractivity contribution is -0.133. The van der Waals surface area contributed by atoms with Crippen LogP contribution in [0.1, 0.15) is 25.3 Å². The van der Waals surface area contributed by atoms with Gasteiger partial charge >= 0.3 is 5.97 Å². The Morgan fingerprint density at radius 1 is 1.39 bits per heavy atom. The summed E-state index contributed by atoms with van der Waals surface area (Å²) in [6.07, 6.45) is 2.77. The maximum Gasteiger partial charge on any atom is 0.330 e. The van der Waals surface area contributed by atoms with Gasteiger partial charge in [-0.05, 0) is 31.4 Å². The number of likely N-dealkylation sites (N-methyl/N-ethyl adjacent to an activating group) is 1. The second kappa shape index (κ2) is 6.44. The molecule has 0 saturated carbocycles. The zero-order valence-electron chi connectivity index (χ0n) is 14.2. The fourth-order valence-corrected chi connectivity index (χ4v) is 3.16. The van der Waals surface area contributed by atoms with Crippen LogP contribution in [-0.4, -0.2) is 49.6 Å². The Labute approximate surface area is 137 Å². The van der Waals surface area contributed by atoms with Crippen molar-refractivity contribution in [3.8, 4) is 0 Å². The van der Waals surface area contributed by atoms with Crippen molar-refractivity contribution < 1.29 is 14.7 Å². The zero-order valence-corrected chi connectivity index (χ0v) is 14.2. The molecule has 124 valence electrons. The van der Waals surface area contributed by atoms with Crippen molar-refractivity contribution >= 4 is 17.6 Å². The minimum absolute atomic E-state index is 0.0567. The number of allylic oxidation sites excluding steroid dienone is 1. The molecular weight excluding hydrogens is 292 g/mol. The van der Waals surface area contributed by atoms with Crippen molar-refractivity contribution in [1.29, 1.82) is 0 Å². The lowest BCUT2D eigenvalue weighted by atomic mass is 9.74. The monoisotopic (exact) mass is 316 g/mol. The SMILES string of the molecule is CC(=CC[C@@]1(c2ccccc2N(C)C)CCN(C)C1=O)C(=O)O. The van der Waals surface area contributed by atoms with E-state index in [-0.39, 0.29) is 11.5 Å². The van der Waals surface area contributed by atoms with Gasteiger partial charge in [-0.25, -0.2) is 4.79 Å². The highest BCUT2D eigenvalue weighted by molar-refractivity contribution is 5.93. The number of aliphatic carboxylic acids is 1. The smallest absolute Gasteiger partial charge is 0.330 e. The predicted molar refractivity (Wildman–Crippen MR) is 90.7 cm³/mol. The maximum absolute atomic E-state index is 12.9. The van der Waals surface area contributed by atoms with Gasteiger partial charge in [-0.2, -0.15) is 0 Å². The number of carboxylic acids is 1.